The summed E-state index contributed by atoms with van der Waals surface area (Å²) in [6, 6.07) is 5.69. The number of hydrogen-bond acceptors (Lipinski definition) is 4. The predicted octanol–water partition coefficient (Wildman–Crippen LogP) is 2.62. The Labute approximate surface area is 110 Å². The van der Waals surface area contributed by atoms with E-state index in [1.807, 2.05) is 0 Å². The molecule has 1 aliphatic heterocycles. The highest BCUT2D eigenvalue weighted by Gasteiger charge is 2.23. The lowest BCUT2D eigenvalue weighted by Crippen LogP contribution is -2.54. The minimum absolute atomic E-state index is 0.195. The first kappa shape index (κ1) is 11.9. The average molecular weight is 265 g/mol. The Morgan fingerprint density at radius 3 is 2.78 bits per heavy atom. The SMILES string of the molecule is C[C@@H]1CN(c2nc3ccc(F)cc3s2)C[C@@H](C)N1. The van der Waals surface area contributed by atoms with Crippen molar-refractivity contribution in [3.63, 3.8) is 0 Å². The second kappa shape index (κ2) is 4.48. The molecular weight excluding hydrogens is 249 g/mol. The quantitative estimate of drug-likeness (QED) is 0.859. The second-order valence-electron chi connectivity index (χ2n) is 4.98. The molecule has 2 heterocycles. The largest absolute Gasteiger partial charge is 0.345 e. The Balaban J connectivity index is 1.93. The molecule has 0 unspecified atom stereocenters. The third-order valence-corrected chi connectivity index (χ3v) is 4.25. The molecule has 18 heavy (non-hydrogen) atoms. The van der Waals surface area contributed by atoms with Crippen LogP contribution in [0.2, 0.25) is 0 Å². The third kappa shape index (κ3) is 2.20. The van der Waals surface area contributed by atoms with Crippen LogP contribution >= 0.6 is 11.3 Å². The van der Waals surface area contributed by atoms with E-state index in [-0.39, 0.29) is 5.82 Å². The number of rotatable bonds is 1. The summed E-state index contributed by atoms with van der Waals surface area (Å²) in [6.07, 6.45) is 0. The van der Waals surface area contributed by atoms with Crippen LogP contribution in [0.25, 0.3) is 10.2 Å². The molecule has 1 aromatic carbocycles. The van der Waals surface area contributed by atoms with E-state index in [1.165, 1.54) is 6.07 Å². The summed E-state index contributed by atoms with van der Waals surface area (Å²) >= 11 is 1.57. The van der Waals surface area contributed by atoms with Gasteiger partial charge in [-0.1, -0.05) is 11.3 Å². The van der Waals surface area contributed by atoms with Crippen LogP contribution in [-0.2, 0) is 0 Å². The van der Waals surface area contributed by atoms with E-state index >= 15 is 0 Å². The van der Waals surface area contributed by atoms with Gasteiger partial charge in [0.2, 0.25) is 0 Å². The van der Waals surface area contributed by atoms with E-state index in [4.69, 9.17) is 0 Å². The van der Waals surface area contributed by atoms with Gasteiger partial charge in [0.15, 0.2) is 5.13 Å². The van der Waals surface area contributed by atoms with Crippen molar-refractivity contribution < 1.29 is 4.39 Å². The lowest BCUT2D eigenvalue weighted by molar-refractivity contribution is 0.407. The highest BCUT2D eigenvalue weighted by molar-refractivity contribution is 7.22. The number of aromatic nitrogens is 1. The topological polar surface area (TPSA) is 28.2 Å². The molecular formula is C13H16FN3S. The number of nitrogens with zero attached hydrogens (tertiary/aromatic N) is 2. The fourth-order valence-corrected chi connectivity index (χ4v) is 3.51. The Bertz CT molecular complexity index is 558. The molecule has 0 spiro atoms. The first-order chi connectivity index (χ1) is 8.61. The van der Waals surface area contributed by atoms with Crippen molar-refractivity contribution in [3.05, 3.63) is 24.0 Å². The summed E-state index contributed by atoms with van der Waals surface area (Å²) < 4.78 is 14.1. The minimum atomic E-state index is -0.195. The zero-order chi connectivity index (χ0) is 12.7. The van der Waals surface area contributed by atoms with Gasteiger partial charge < -0.3 is 10.2 Å². The van der Waals surface area contributed by atoms with Gasteiger partial charge in [0.05, 0.1) is 10.2 Å². The fourth-order valence-electron chi connectivity index (χ4n) is 2.50. The molecule has 1 N–H and O–H groups in total. The van der Waals surface area contributed by atoms with Gasteiger partial charge in [0.25, 0.3) is 0 Å². The smallest absolute Gasteiger partial charge is 0.186 e. The van der Waals surface area contributed by atoms with Crippen LogP contribution in [0.15, 0.2) is 18.2 Å². The number of thiazole rings is 1. The number of fused-ring (bicyclic) bond motifs is 1. The average Bonchev–Trinajstić information content (AvgIpc) is 2.70. The molecule has 5 heteroatoms. The number of piperazine rings is 1. The molecule has 3 rings (SSSR count). The van der Waals surface area contributed by atoms with Crippen LogP contribution in [0, 0.1) is 5.82 Å². The van der Waals surface area contributed by atoms with Gasteiger partial charge in [-0.25, -0.2) is 9.37 Å². The lowest BCUT2D eigenvalue weighted by Gasteiger charge is -2.35. The van der Waals surface area contributed by atoms with Gasteiger partial charge in [0.1, 0.15) is 5.82 Å². The maximum Gasteiger partial charge on any atom is 0.186 e. The van der Waals surface area contributed by atoms with Gasteiger partial charge in [-0.15, -0.1) is 0 Å². The molecule has 0 aliphatic carbocycles. The number of nitrogens with one attached hydrogen (secondary N) is 1. The van der Waals surface area contributed by atoms with Crippen LogP contribution in [-0.4, -0.2) is 30.2 Å². The van der Waals surface area contributed by atoms with Crippen LogP contribution in [0.1, 0.15) is 13.8 Å². The standard InChI is InChI=1S/C13H16FN3S/c1-8-6-17(7-9(2)15-8)13-16-11-4-3-10(14)5-12(11)18-13/h3-5,8-9,15H,6-7H2,1-2H3/t8-,9-/m1/s1. The van der Waals surface area contributed by atoms with E-state index < -0.39 is 0 Å². The second-order valence-corrected chi connectivity index (χ2v) is 5.99. The molecule has 0 saturated carbocycles. The highest BCUT2D eigenvalue weighted by Crippen LogP contribution is 2.30. The number of hydrogen-bond donors (Lipinski definition) is 1. The molecule has 96 valence electrons. The molecule has 2 atom stereocenters. The van der Waals surface area contributed by atoms with Crippen LogP contribution in [0.4, 0.5) is 9.52 Å². The van der Waals surface area contributed by atoms with Gasteiger partial charge >= 0.3 is 0 Å². The molecule has 0 radical (unpaired) electrons. The maximum atomic E-state index is 13.2. The Morgan fingerprint density at radius 1 is 1.33 bits per heavy atom. The first-order valence-electron chi connectivity index (χ1n) is 6.19. The van der Waals surface area contributed by atoms with Crippen molar-refractivity contribution >= 4 is 26.7 Å². The summed E-state index contributed by atoms with van der Waals surface area (Å²) in [4.78, 5) is 6.88. The van der Waals surface area contributed by atoms with Gasteiger partial charge in [-0.05, 0) is 32.0 Å². The summed E-state index contributed by atoms with van der Waals surface area (Å²) in [7, 11) is 0. The van der Waals surface area contributed by atoms with Crippen LogP contribution in [0.5, 0.6) is 0 Å². The summed E-state index contributed by atoms with van der Waals surface area (Å²) in [5.74, 6) is -0.195. The van der Waals surface area contributed by atoms with Crippen LogP contribution < -0.4 is 10.2 Å². The fraction of sp³-hybridized carbons (Fsp3) is 0.462. The number of benzene rings is 1. The maximum absolute atomic E-state index is 13.2. The summed E-state index contributed by atoms with van der Waals surface area (Å²) in [6.45, 7) is 6.25. The van der Waals surface area contributed by atoms with Gasteiger partial charge in [-0.2, -0.15) is 0 Å². The Hall–Kier alpha value is -1.20. The number of anilines is 1. The van der Waals surface area contributed by atoms with E-state index in [9.17, 15) is 4.39 Å². The van der Waals surface area contributed by atoms with Crippen molar-refractivity contribution in [2.45, 2.75) is 25.9 Å². The summed E-state index contributed by atoms with van der Waals surface area (Å²) in [5.41, 5.74) is 0.884. The van der Waals surface area contributed by atoms with Gasteiger partial charge in [0, 0.05) is 25.2 Å². The van der Waals surface area contributed by atoms with E-state index in [1.54, 1.807) is 23.5 Å². The van der Waals surface area contributed by atoms with Crippen molar-refractivity contribution in [2.24, 2.45) is 0 Å². The number of halogens is 1. The predicted molar refractivity (Wildman–Crippen MR) is 73.9 cm³/mol. The van der Waals surface area contributed by atoms with Crippen molar-refractivity contribution in [3.8, 4) is 0 Å². The Kier molecular flexibility index (Phi) is 2.95. The normalized spacial score (nSPS) is 24.7. The third-order valence-electron chi connectivity index (χ3n) is 3.17. The lowest BCUT2D eigenvalue weighted by atomic mass is 10.2. The molecule has 3 nitrogen and oxygen atoms in total. The molecule has 1 saturated heterocycles. The van der Waals surface area contributed by atoms with Gasteiger partial charge in [-0.3, -0.25) is 0 Å². The molecule has 2 aromatic rings. The molecule has 1 aromatic heterocycles. The minimum Gasteiger partial charge on any atom is -0.345 e. The summed E-state index contributed by atoms with van der Waals surface area (Å²) in [5, 5.41) is 4.49. The first-order valence-corrected chi connectivity index (χ1v) is 7.00. The molecule has 0 amide bonds. The Morgan fingerprint density at radius 2 is 2.06 bits per heavy atom. The van der Waals surface area contributed by atoms with Crippen LogP contribution in [0.3, 0.4) is 0 Å². The zero-order valence-electron chi connectivity index (χ0n) is 10.5. The monoisotopic (exact) mass is 265 g/mol. The molecule has 1 aliphatic rings. The highest BCUT2D eigenvalue weighted by atomic mass is 32.1. The van der Waals surface area contributed by atoms with E-state index in [0.29, 0.717) is 12.1 Å². The van der Waals surface area contributed by atoms with Crippen molar-refractivity contribution in [2.75, 3.05) is 18.0 Å². The van der Waals surface area contributed by atoms with E-state index in [2.05, 4.69) is 29.0 Å². The van der Waals surface area contributed by atoms with Crippen molar-refractivity contribution in [1.29, 1.82) is 0 Å². The van der Waals surface area contributed by atoms with E-state index in [0.717, 1.165) is 28.4 Å². The molecule has 0 bridgehead atoms. The van der Waals surface area contributed by atoms with Crippen molar-refractivity contribution in [1.82, 2.24) is 10.3 Å². The zero-order valence-corrected chi connectivity index (χ0v) is 11.3. The molecule has 1 fully saturated rings.